The first kappa shape index (κ1) is 13.8. The fourth-order valence-corrected chi connectivity index (χ4v) is 3.02. The molecule has 1 aromatic carbocycles. The Bertz CT molecular complexity index is 583. The third-order valence-electron chi connectivity index (χ3n) is 4.11. The maximum atomic E-state index is 12.7. The van der Waals surface area contributed by atoms with E-state index >= 15 is 0 Å². The van der Waals surface area contributed by atoms with Crippen molar-refractivity contribution in [2.24, 2.45) is 0 Å². The summed E-state index contributed by atoms with van der Waals surface area (Å²) in [6, 6.07) is 14.4. The molecule has 1 aromatic heterocycles. The standard InChI is InChI=1S/C18H20N2O/c21-18(16-9-6-11-19-14-16)20-12-5-4-10-17(20)13-15-7-2-1-3-8-15/h1-3,6-9,11,14,17H,4-5,10,12-13H2. The molecule has 3 rings (SSSR count). The molecule has 1 aliphatic heterocycles. The number of benzene rings is 1. The van der Waals surface area contributed by atoms with E-state index in [-0.39, 0.29) is 5.91 Å². The summed E-state index contributed by atoms with van der Waals surface area (Å²) in [7, 11) is 0. The molecule has 0 spiro atoms. The van der Waals surface area contributed by atoms with E-state index < -0.39 is 0 Å². The van der Waals surface area contributed by atoms with Gasteiger partial charge < -0.3 is 4.90 Å². The smallest absolute Gasteiger partial charge is 0.255 e. The van der Waals surface area contributed by atoms with Gasteiger partial charge in [0, 0.05) is 25.0 Å². The van der Waals surface area contributed by atoms with Gasteiger partial charge in [0.05, 0.1) is 5.56 Å². The quantitative estimate of drug-likeness (QED) is 0.864. The molecule has 1 unspecified atom stereocenters. The molecule has 0 bridgehead atoms. The zero-order valence-corrected chi connectivity index (χ0v) is 12.1. The van der Waals surface area contributed by atoms with Crippen LogP contribution in [0.4, 0.5) is 0 Å². The van der Waals surface area contributed by atoms with Crippen molar-refractivity contribution in [2.45, 2.75) is 31.7 Å². The van der Waals surface area contributed by atoms with Gasteiger partial charge in [0.2, 0.25) is 0 Å². The van der Waals surface area contributed by atoms with Crippen molar-refractivity contribution in [3.05, 3.63) is 66.0 Å². The summed E-state index contributed by atoms with van der Waals surface area (Å²) in [5.74, 6) is 0.115. The lowest BCUT2D eigenvalue weighted by molar-refractivity contribution is 0.0613. The number of amides is 1. The summed E-state index contributed by atoms with van der Waals surface area (Å²) in [5, 5.41) is 0. The number of aromatic nitrogens is 1. The second-order valence-electron chi connectivity index (χ2n) is 5.58. The molecule has 0 radical (unpaired) electrons. The number of pyridine rings is 1. The largest absolute Gasteiger partial charge is 0.335 e. The molecule has 0 aliphatic carbocycles. The average molecular weight is 280 g/mol. The predicted molar refractivity (Wildman–Crippen MR) is 83.1 cm³/mol. The summed E-state index contributed by atoms with van der Waals surface area (Å²) in [6.45, 7) is 0.852. The molecule has 1 amide bonds. The summed E-state index contributed by atoms with van der Waals surface area (Å²) in [6.07, 6.45) is 7.68. The lowest BCUT2D eigenvalue weighted by atomic mass is 9.95. The van der Waals surface area contributed by atoms with Crippen LogP contribution in [0.2, 0.25) is 0 Å². The van der Waals surface area contributed by atoms with Gasteiger partial charge in [-0.3, -0.25) is 9.78 Å². The number of hydrogen-bond donors (Lipinski definition) is 0. The van der Waals surface area contributed by atoms with Crippen LogP contribution >= 0.6 is 0 Å². The predicted octanol–water partition coefficient (Wildman–Crippen LogP) is 3.32. The molecule has 2 heterocycles. The third-order valence-corrected chi connectivity index (χ3v) is 4.11. The first-order chi connectivity index (χ1) is 10.3. The highest BCUT2D eigenvalue weighted by molar-refractivity contribution is 5.94. The van der Waals surface area contributed by atoms with Crippen molar-refractivity contribution in [3.63, 3.8) is 0 Å². The first-order valence-corrected chi connectivity index (χ1v) is 7.59. The average Bonchev–Trinajstić information content (AvgIpc) is 2.56. The second kappa shape index (κ2) is 6.53. The summed E-state index contributed by atoms with van der Waals surface area (Å²) >= 11 is 0. The maximum absolute atomic E-state index is 12.7. The van der Waals surface area contributed by atoms with Gasteiger partial charge in [-0.15, -0.1) is 0 Å². The van der Waals surface area contributed by atoms with E-state index in [1.165, 1.54) is 12.0 Å². The Morgan fingerprint density at radius 3 is 2.76 bits per heavy atom. The normalized spacial score (nSPS) is 18.5. The Hall–Kier alpha value is -2.16. The van der Waals surface area contributed by atoms with Crippen LogP contribution in [0.3, 0.4) is 0 Å². The van der Waals surface area contributed by atoms with E-state index in [1.807, 2.05) is 23.1 Å². The Morgan fingerprint density at radius 1 is 1.14 bits per heavy atom. The van der Waals surface area contributed by atoms with Gasteiger partial charge in [-0.05, 0) is 43.4 Å². The lowest BCUT2D eigenvalue weighted by Crippen LogP contribution is -2.44. The molecule has 1 atom stereocenters. The second-order valence-corrected chi connectivity index (χ2v) is 5.58. The van der Waals surface area contributed by atoms with Gasteiger partial charge >= 0.3 is 0 Å². The minimum atomic E-state index is 0.115. The number of piperidine rings is 1. The molecule has 108 valence electrons. The van der Waals surface area contributed by atoms with Gasteiger partial charge in [0.1, 0.15) is 0 Å². The molecule has 21 heavy (non-hydrogen) atoms. The van der Waals surface area contributed by atoms with E-state index in [4.69, 9.17) is 0 Å². The first-order valence-electron chi connectivity index (χ1n) is 7.59. The molecule has 1 fully saturated rings. The van der Waals surface area contributed by atoms with Crippen molar-refractivity contribution < 1.29 is 4.79 Å². The number of carbonyl (C=O) groups excluding carboxylic acids is 1. The number of carbonyl (C=O) groups is 1. The molecule has 0 N–H and O–H groups in total. The highest BCUT2D eigenvalue weighted by atomic mass is 16.2. The van der Waals surface area contributed by atoms with Gasteiger partial charge in [-0.2, -0.15) is 0 Å². The van der Waals surface area contributed by atoms with Crippen LogP contribution in [0.15, 0.2) is 54.9 Å². The highest BCUT2D eigenvalue weighted by Gasteiger charge is 2.27. The highest BCUT2D eigenvalue weighted by Crippen LogP contribution is 2.22. The van der Waals surface area contributed by atoms with Gasteiger partial charge in [0.15, 0.2) is 0 Å². The lowest BCUT2D eigenvalue weighted by Gasteiger charge is -2.36. The third kappa shape index (κ3) is 3.30. The molecular formula is C18H20N2O. The van der Waals surface area contributed by atoms with Gasteiger partial charge in [-0.1, -0.05) is 30.3 Å². The summed E-state index contributed by atoms with van der Waals surface area (Å²) < 4.78 is 0. The van der Waals surface area contributed by atoms with E-state index in [0.29, 0.717) is 11.6 Å². The van der Waals surface area contributed by atoms with Crippen molar-refractivity contribution in [1.29, 1.82) is 0 Å². The zero-order chi connectivity index (χ0) is 14.5. The van der Waals surface area contributed by atoms with Crippen molar-refractivity contribution in [2.75, 3.05) is 6.54 Å². The fraction of sp³-hybridized carbons (Fsp3) is 0.333. The van der Waals surface area contributed by atoms with Gasteiger partial charge in [-0.25, -0.2) is 0 Å². The monoisotopic (exact) mass is 280 g/mol. The topological polar surface area (TPSA) is 33.2 Å². The Labute approximate surface area is 125 Å². The molecule has 1 saturated heterocycles. The Balaban J connectivity index is 1.77. The Morgan fingerprint density at radius 2 is 2.00 bits per heavy atom. The van der Waals surface area contributed by atoms with E-state index in [1.54, 1.807) is 12.4 Å². The minimum absolute atomic E-state index is 0.115. The van der Waals surface area contributed by atoms with Crippen LogP contribution < -0.4 is 0 Å². The molecule has 3 nitrogen and oxygen atoms in total. The minimum Gasteiger partial charge on any atom is -0.335 e. The zero-order valence-electron chi connectivity index (χ0n) is 12.1. The number of hydrogen-bond acceptors (Lipinski definition) is 2. The van der Waals surface area contributed by atoms with E-state index in [9.17, 15) is 4.79 Å². The van der Waals surface area contributed by atoms with Crippen LogP contribution in [0.1, 0.15) is 35.2 Å². The van der Waals surface area contributed by atoms with Crippen molar-refractivity contribution >= 4 is 5.91 Å². The number of rotatable bonds is 3. The van der Waals surface area contributed by atoms with Crippen molar-refractivity contribution in [3.8, 4) is 0 Å². The van der Waals surface area contributed by atoms with E-state index in [2.05, 4.69) is 29.2 Å². The van der Waals surface area contributed by atoms with Gasteiger partial charge in [0.25, 0.3) is 5.91 Å². The van der Waals surface area contributed by atoms with Crippen LogP contribution in [-0.4, -0.2) is 28.4 Å². The van der Waals surface area contributed by atoms with E-state index in [0.717, 1.165) is 25.8 Å². The molecule has 0 saturated carbocycles. The maximum Gasteiger partial charge on any atom is 0.255 e. The SMILES string of the molecule is O=C(c1cccnc1)N1CCCCC1Cc1ccccc1. The van der Waals surface area contributed by atoms with Crippen LogP contribution in [-0.2, 0) is 6.42 Å². The number of likely N-dealkylation sites (tertiary alicyclic amines) is 1. The molecular weight excluding hydrogens is 260 g/mol. The van der Waals surface area contributed by atoms with Crippen LogP contribution in [0, 0.1) is 0 Å². The number of nitrogens with zero attached hydrogens (tertiary/aromatic N) is 2. The Kier molecular flexibility index (Phi) is 4.29. The summed E-state index contributed by atoms with van der Waals surface area (Å²) in [5.41, 5.74) is 1.99. The van der Waals surface area contributed by atoms with Crippen molar-refractivity contribution in [1.82, 2.24) is 9.88 Å². The molecule has 3 heteroatoms. The molecule has 2 aromatic rings. The molecule has 1 aliphatic rings. The fourth-order valence-electron chi connectivity index (χ4n) is 3.02. The van der Waals surface area contributed by atoms with Crippen LogP contribution in [0.5, 0.6) is 0 Å². The summed E-state index contributed by atoms with van der Waals surface area (Å²) in [4.78, 5) is 18.8. The van der Waals surface area contributed by atoms with Crippen LogP contribution in [0.25, 0.3) is 0 Å².